The molecule has 4 aliphatic rings. The molecule has 3 heteroatoms. The van der Waals surface area contributed by atoms with Crippen LogP contribution in [0.3, 0.4) is 0 Å². The number of esters is 1. The van der Waals surface area contributed by atoms with Crippen molar-refractivity contribution in [3.8, 4) is 0 Å². The van der Waals surface area contributed by atoms with Crippen LogP contribution in [0.25, 0.3) is 0 Å². The molecule has 2 saturated carbocycles. The Bertz CT molecular complexity index is 851. The SMILES string of the molecule is CC(=O)O[C@@H]1CC[C@]2(C)C3=C(CC[C@H]2C1)[C@@H]1CC[C@H]([C@H](C)/C=C/[C@H](C)C(C)C)[C@]1(C)CC3=O. The molecule has 4 aliphatic carbocycles. The van der Waals surface area contributed by atoms with E-state index in [4.69, 9.17) is 4.74 Å². The first-order valence-corrected chi connectivity index (χ1v) is 13.6. The molecule has 0 heterocycles. The van der Waals surface area contributed by atoms with E-state index < -0.39 is 0 Å². The lowest BCUT2D eigenvalue weighted by molar-refractivity contribution is -0.151. The van der Waals surface area contributed by atoms with Crippen molar-refractivity contribution >= 4 is 11.8 Å². The molecule has 33 heavy (non-hydrogen) atoms. The van der Waals surface area contributed by atoms with Crippen molar-refractivity contribution in [3.05, 3.63) is 23.3 Å². The molecule has 0 aliphatic heterocycles. The largest absolute Gasteiger partial charge is 0.463 e. The number of hydrogen-bond acceptors (Lipinski definition) is 3. The topological polar surface area (TPSA) is 43.4 Å². The van der Waals surface area contributed by atoms with E-state index in [9.17, 15) is 9.59 Å². The van der Waals surface area contributed by atoms with E-state index in [0.717, 1.165) is 38.5 Å². The summed E-state index contributed by atoms with van der Waals surface area (Å²) in [6, 6.07) is 0. The third kappa shape index (κ3) is 4.27. The molecule has 0 saturated heterocycles. The van der Waals surface area contributed by atoms with Crippen molar-refractivity contribution in [3.63, 3.8) is 0 Å². The average molecular weight is 455 g/mol. The number of rotatable bonds is 5. The predicted molar refractivity (Wildman–Crippen MR) is 134 cm³/mol. The van der Waals surface area contributed by atoms with E-state index in [1.54, 1.807) is 0 Å². The lowest BCUT2D eigenvalue weighted by Crippen LogP contribution is -2.49. The molecule has 0 N–H and O–H groups in total. The predicted octanol–water partition coefficient (Wildman–Crippen LogP) is 7.30. The van der Waals surface area contributed by atoms with Crippen LogP contribution in [0.2, 0.25) is 0 Å². The van der Waals surface area contributed by atoms with Crippen molar-refractivity contribution in [2.45, 2.75) is 106 Å². The Labute approximate surface area is 201 Å². The second-order valence-electron chi connectivity index (χ2n) is 12.7. The Morgan fingerprint density at radius 3 is 2.45 bits per heavy atom. The van der Waals surface area contributed by atoms with Gasteiger partial charge in [0.15, 0.2) is 5.78 Å². The highest BCUT2D eigenvalue weighted by Crippen LogP contribution is 2.65. The van der Waals surface area contributed by atoms with Crippen LogP contribution >= 0.6 is 0 Å². The summed E-state index contributed by atoms with van der Waals surface area (Å²) in [5.41, 5.74) is 2.80. The molecule has 0 aromatic carbocycles. The van der Waals surface area contributed by atoms with Crippen LogP contribution in [0.5, 0.6) is 0 Å². The van der Waals surface area contributed by atoms with Crippen molar-refractivity contribution in [2.75, 3.05) is 0 Å². The number of hydrogen-bond donors (Lipinski definition) is 0. The molecule has 0 aromatic rings. The fourth-order valence-corrected chi connectivity index (χ4v) is 8.23. The molecule has 0 radical (unpaired) electrons. The number of Topliss-reactive ketones (excluding diaryl/α,β-unsaturated/α-hetero) is 1. The first kappa shape index (κ1) is 24.7. The van der Waals surface area contributed by atoms with E-state index in [1.807, 2.05) is 0 Å². The van der Waals surface area contributed by atoms with Crippen molar-refractivity contribution in [1.82, 2.24) is 0 Å². The van der Waals surface area contributed by atoms with E-state index in [0.29, 0.717) is 41.3 Å². The van der Waals surface area contributed by atoms with Crippen LogP contribution in [0.4, 0.5) is 0 Å². The van der Waals surface area contributed by atoms with Gasteiger partial charge in [-0.1, -0.05) is 59.3 Å². The van der Waals surface area contributed by atoms with Gasteiger partial charge in [-0.3, -0.25) is 9.59 Å². The van der Waals surface area contributed by atoms with Crippen LogP contribution in [0.1, 0.15) is 99.8 Å². The average Bonchev–Trinajstić information content (AvgIpc) is 3.07. The zero-order chi connectivity index (χ0) is 24.1. The summed E-state index contributed by atoms with van der Waals surface area (Å²) in [5, 5.41) is 0. The summed E-state index contributed by atoms with van der Waals surface area (Å²) >= 11 is 0. The maximum atomic E-state index is 13.9. The van der Waals surface area contributed by atoms with Gasteiger partial charge in [0.25, 0.3) is 0 Å². The summed E-state index contributed by atoms with van der Waals surface area (Å²) in [4.78, 5) is 25.4. The lowest BCUT2D eigenvalue weighted by Gasteiger charge is -2.54. The van der Waals surface area contributed by atoms with Gasteiger partial charge < -0.3 is 4.74 Å². The standard InChI is InChI=1S/C30H46O3/c1-18(2)19(3)8-9-20(4)25-12-13-26-24-11-10-22-16-23(33-21(5)31)14-15-29(22,6)28(24)27(32)17-30(25,26)7/h8-9,18-20,22-23,25-26H,10-17H2,1-7H3/b9-8+/t19-,20+,22-,23+,25+,26-,29-,30-/m0/s1. The van der Waals surface area contributed by atoms with Gasteiger partial charge in [0, 0.05) is 18.9 Å². The van der Waals surface area contributed by atoms with Crippen LogP contribution in [0, 0.1) is 46.3 Å². The second-order valence-corrected chi connectivity index (χ2v) is 12.7. The highest BCUT2D eigenvalue weighted by molar-refractivity contribution is 5.99. The van der Waals surface area contributed by atoms with Crippen molar-refractivity contribution in [1.29, 1.82) is 0 Å². The number of carbonyl (C=O) groups is 2. The first-order chi connectivity index (χ1) is 15.5. The van der Waals surface area contributed by atoms with Gasteiger partial charge in [-0.2, -0.15) is 0 Å². The van der Waals surface area contributed by atoms with E-state index in [1.165, 1.54) is 30.9 Å². The zero-order valence-electron chi connectivity index (χ0n) is 22.1. The minimum absolute atomic E-state index is 0.0288. The Morgan fingerprint density at radius 2 is 1.79 bits per heavy atom. The molecular weight excluding hydrogens is 408 g/mol. The van der Waals surface area contributed by atoms with Gasteiger partial charge in [0.1, 0.15) is 6.10 Å². The van der Waals surface area contributed by atoms with Gasteiger partial charge in [-0.25, -0.2) is 0 Å². The molecular formula is C30H46O3. The molecule has 0 unspecified atom stereocenters. The number of carbonyl (C=O) groups excluding carboxylic acids is 2. The van der Waals surface area contributed by atoms with Crippen molar-refractivity contribution < 1.29 is 14.3 Å². The molecule has 0 spiro atoms. The molecule has 0 aromatic heterocycles. The number of ketones is 1. The normalized spacial score (nSPS) is 40.4. The third-order valence-electron chi connectivity index (χ3n) is 10.5. The highest BCUT2D eigenvalue weighted by Gasteiger charge is 2.58. The van der Waals surface area contributed by atoms with E-state index in [-0.39, 0.29) is 22.9 Å². The maximum absolute atomic E-state index is 13.9. The van der Waals surface area contributed by atoms with Crippen LogP contribution < -0.4 is 0 Å². The quantitative estimate of drug-likeness (QED) is 0.323. The fourth-order valence-electron chi connectivity index (χ4n) is 8.23. The molecule has 0 bridgehead atoms. The summed E-state index contributed by atoms with van der Waals surface area (Å²) in [5.74, 6) is 3.64. The minimum atomic E-state index is -0.174. The summed E-state index contributed by atoms with van der Waals surface area (Å²) in [7, 11) is 0. The minimum Gasteiger partial charge on any atom is -0.463 e. The molecule has 184 valence electrons. The van der Waals surface area contributed by atoms with E-state index in [2.05, 4.69) is 53.7 Å². The number of ether oxygens (including phenoxy) is 1. The third-order valence-corrected chi connectivity index (χ3v) is 10.5. The van der Waals surface area contributed by atoms with Gasteiger partial charge in [0.2, 0.25) is 0 Å². The molecule has 3 nitrogen and oxygen atoms in total. The molecule has 8 atom stereocenters. The number of fused-ring (bicyclic) bond motifs is 4. The molecule has 0 amide bonds. The first-order valence-electron chi connectivity index (χ1n) is 13.6. The smallest absolute Gasteiger partial charge is 0.302 e. The Hall–Kier alpha value is -1.38. The lowest BCUT2D eigenvalue weighted by atomic mass is 9.50. The Morgan fingerprint density at radius 1 is 1.06 bits per heavy atom. The Kier molecular flexibility index (Phi) is 6.75. The van der Waals surface area contributed by atoms with E-state index >= 15 is 0 Å². The van der Waals surface area contributed by atoms with Gasteiger partial charge in [0.05, 0.1) is 0 Å². The van der Waals surface area contributed by atoms with Crippen LogP contribution in [-0.4, -0.2) is 17.9 Å². The molecule has 4 rings (SSSR count). The van der Waals surface area contributed by atoms with Crippen molar-refractivity contribution in [2.24, 2.45) is 46.3 Å². The Balaban J connectivity index is 1.58. The zero-order valence-corrected chi connectivity index (χ0v) is 22.1. The summed E-state index contributed by atoms with van der Waals surface area (Å²) < 4.78 is 5.58. The van der Waals surface area contributed by atoms with Crippen LogP contribution in [0.15, 0.2) is 23.3 Å². The monoisotopic (exact) mass is 454 g/mol. The summed E-state index contributed by atoms with van der Waals surface area (Å²) in [6.45, 7) is 15.6. The van der Waals surface area contributed by atoms with Gasteiger partial charge in [-0.05, 0) is 91.3 Å². The van der Waals surface area contributed by atoms with Crippen LogP contribution in [-0.2, 0) is 14.3 Å². The molecule has 2 fully saturated rings. The van der Waals surface area contributed by atoms with Gasteiger partial charge in [-0.15, -0.1) is 0 Å². The fraction of sp³-hybridized carbons (Fsp3) is 0.800. The number of allylic oxidation sites excluding steroid dienone is 4. The highest BCUT2D eigenvalue weighted by atomic mass is 16.5. The summed E-state index contributed by atoms with van der Waals surface area (Å²) in [6.07, 6.45) is 13.1. The second kappa shape index (κ2) is 9.00. The maximum Gasteiger partial charge on any atom is 0.302 e. The van der Waals surface area contributed by atoms with Gasteiger partial charge >= 0.3 is 5.97 Å².